The fourth-order valence-electron chi connectivity index (χ4n) is 1.78. The standard InChI is InChI=1S/C15H24N2O2/c1-11(2)19-9-8-16-12(3)14-6-5-7-15(10-14)17-13(4)18/h5-7,10-12,16H,8-9H2,1-4H3,(H,17,18). The summed E-state index contributed by atoms with van der Waals surface area (Å²) >= 11 is 0. The Morgan fingerprint density at radius 1 is 1.32 bits per heavy atom. The Morgan fingerprint density at radius 2 is 2.05 bits per heavy atom. The number of hydrogen-bond donors (Lipinski definition) is 2. The summed E-state index contributed by atoms with van der Waals surface area (Å²) in [5.74, 6) is -0.0527. The third-order valence-electron chi connectivity index (χ3n) is 2.71. The predicted octanol–water partition coefficient (Wildman–Crippen LogP) is 2.72. The number of hydrogen-bond acceptors (Lipinski definition) is 3. The molecule has 2 N–H and O–H groups in total. The summed E-state index contributed by atoms with van der Waals surface area (Å²) in [6.45, 7) is 9.18. The molecule has 4 heteroatoms. The summed E-state index contributed by atoms with van der Waals surface area (Å²) < 4.78 is 5.48. The molecule has 1 rings (SSSR count). The molecule has 1 atom stereocenters. The lowest BCUT2D eigenvalue weighted by Gasteiger charge is -2.16. The van der Waals surface area contributed by atoms with Crippen molar-refractivity contribution < 1.29 is 9.53 Å². The van der Waals surface area contributed by atoms with Crippen LogP contribution in [0.5, 0.6) is 0 Å². The van der Waals surface area contributed by atoms with Gasteiger partial charge in [0, 0.05) is 25.2 Å². The van der Waals surface area contributed by atoms with Crippen LogP contribution in [0.25, 0.3) is 0 Å². The first-order valence-electron chi connectivity index (χ1n) is 6.71. The molecule has 0 saturated heterocycles. The Kier molecular flexibility index (Phi) is 6.53. The molecule has 0 aliphatic heterocycles. The van der Waals surface area contributed by atoms with Gasteiger partial charge in [-0.1, -0.05) is 12.1 Å². The molecule has 0 fully saturated rings. The van der Waals surface area contributed by atoms with E-state index >= 15 is 0 Å². The average molecular weight is 264 g/mol. The maximum absolute atomic E-state index is 11.0. The maximum atomic E-state index is 11.0. The number of carbonyl (C=O) groups excluding carboxylic acids is 1. The molecule has 1 amide bonds. The third kappa shape index (κ3) is 6.36. The first-order chi connectivity index (χ1) is 8.99. The van der Waals surface area contributed by atoms with E-state index in [2.05, 4.69) is 17.6 Å². The molecule has 1 aromatic carbocycles. The Morgan fingerprint density at radius 3 is 2.68 bits per heavy atom. The zero-order valence-electron chi connectivity index (χ0n) is 12.2. The van der Waals surface area contributed by atoms with Gasteiger partial charge >= 0.3 is 0 Å². The molecular weight excluding hydrogens is 240 g/mol. The van der Waals surface area contributed by atoms with Crippen LogP contribution in [0.3, 0.4) is 0 Å². The molecule has 0 aliphatic carbocycles. The largest absolute Gasteiger partial charge is 0.377 e. The van der Waals surface area contributed by atoms with Gasteiger partial charge in [-0.25, -0.2) is 0 Å². The lowest BCUT2D eigenvalue weighted by molar-refractivity contribution is -0.114. The number of carbonyl (C=O) groups is 1. The van der Waals surface area contributed by atoms with Crippen molar-refractivity contribution in [2.24, 2.45) is 0 Å². The number of rotatable bonds is 7. The van der Waals surface area contributed by atoms with Crippen LogP contribution < -0.4 is 10.6 Å². The van der Waals surface area contributed by atoms with E-state index in [0.717, 1.165) is 17.8 Å². The SMILES string of the molecule is CC(=O)Nc1cccc(C(C)NCCOC(C)C)c1. The van der Waals surface area contributed by atoms with E-state index in [4.69, 9.17) is 4.74 Å². The van der Waals surface area contributed by atoms with Crippen molar-refractivity contribution in [2.75, 3.05) is 18.5 Å². The second-order valence-corrected chi connectivity index (χ2v) is 4.90. The van der Waals surface area contributed by atoms with Gasteiger partial charge in [0.2, 0.25) is 5.91 Å². The van der Waals surface area contributed by atoms with Crippen molar-refractivity contribution in [1.82, 2.24) is 5.32 Å². The highest BCUT2D eigenvalue weighted by atomic mass is 16.5. The number of benzene rings is 1. The van der Waals surface area contributed by atoms with Crippen molar-refractivity contribution in [3.8, 4) is 0 Å². The average Bonchev–Trinajstić information content (AvgIpc) is 2.33. The van der Waals surface area contributed by atoms with Crippen LogP contribution in [-0.2, 0) is 9.53 Å². The van der Waals surface area contributed by atoms with Gasteiger partial charge in [0.15, 0.2) is 0 Å². The monoisotopic (exact) mass is 264 g/mol. The van der Waals surface area contributed by atoms with E-state index in [9.17, 15) is 4.79 Å². The van der Waals surface area contributed by atoms with Gasteiger partial charge in [0.05, 0.1) is 12.7 Å². The highest BCUT2D eigenvalue weighted by Gasteiger charge is 2.06. The van der Waals surface area contributed by atoms with Gasteiger partial charge in [-0.2, -0.15) is 0 Å². The van der Waals surface area contributed by atoms with Crippen LogP contribution in [0, 0.1) is 0 Å². The summed E-state index contributed by atoms with van der Waals surface area (Å²) in [4.78, 5) is 11.0. The summed E-state index contributed by atoms with van der Waals surface area (Å²) in [5, 5.41) is 6.19. The first-order valence-corrected chi connectivity index (χ1v) is 6.71. The molecule has 1 unspecified atom stereocenters. The zero-order chi connectivity index (χ0) is 14.3. The van der Waals surface area contributed by atoms with Gasteiger partial charge in [-0.3, -0.25) is 4.79 Å². The maximum Gasteiger partial charge on any atom is 0.221 e. The molecule has 0 saturated carbocycles. The number of amides is 1. The fourth-order valence-corrected chi connectivity index (χ4v) is 1.78. The number of nitrogens with one attached hydrogen (secondary N) is 2. The highest BCUT2D eigenvalue weighted by Crippen LogP contribution is 2.17. The van der Waals surface area contributed by atoms with Gasteiger partial charge in [-0.05, 0) is 38.5 Å². The van der Waals surface area contributed by atoms with E-state index in [1.807, 2.05) is 38.1 Å². The number of ether oxygens (including phenoxy) is 1. The normalized spacial score (nSPS) is 12.5. The lowest BCUT2D eigenvalue weighted by atomic mass is 10.1. The van der Waals surface area contributed by atoms with Crippen LogP contribution in [-0.4, -0.2) is 25.2 Å². The van der Waals surface area contributed by atoms with Crippen LogP contribution in [0.15, 0.2) is 24.3 Å². The summed E-state index contributed by atoms with van der Waals surface area (Å²) in [7, 11) is 0. The molecule has 19 heavy (non-hydrogen) atoms. The van der Waals surface area contributed by atoms with Gasteiger partial charge in [0.1, 0.15) is 0 Å². The van der Waals surface area contributed by atoms with Crippen molar-refractivity contribution in [3.63, 3.8) is 0 Å². The van der Waals surface area contributed by atoms with Gasteiger partial charge < -0.3 is 15.4 Å². The summed E-state index contributed by atoms with van der Waals surface area (Å²) in [5.41, 5.74) is 1.98. The minimum Gasteiger partial charge on any atom is -0.377 e. The van der Waals surface area contributed by atoms with Crippen LogP contribution in [0.1, 0.15) is 39.3 Å². The van der Waals surface area contributed by atoms with Crippen molar-refractivity contribution in [3.05, 3.63) is 29.8 Å². The van der Waals surface area contributed by atoms with Gasteiger partial charge in [-0.15, -0.1) is 0 Å². The summed E-state index contributed by atoms with van der Waals surface area (Å²) in [6.07, 6.45) is 0.264. The minimum atomic E-state index is -0.0527. The van der Waals surface area contributed by atoms with Crippen molar-refractivity contribution in [1.29, 1.82) is 0 Å². The molecule has 0 aliphatic rings. The molecule has 0 aromatic heterocycles. The minimum absolute atomic E-state index is 0.0527. The molecular formula is C15H24N2O2. The van der Waals surface area contributed by atoms with E-state index in [1.165, 1.54) is 6.92 Å². The molecule has 0 heterocycles. The summed E-state index contributed by atoms with van der Waals surface area (Å²) in [6, 6.07) is 8.10. The van der Waals surface area contributed by atoms with Crippen molar-refractivity contribution in [2.45, 2.75) is 39.8 Å². The van der Waals surface area contributed by atoms with E-state index < -0.39 is 0 Å². The van der Waals surface area contributed by atoms with Crippen LogP contribution >= 0.6 is 0 Å². The third-order valence-corrected chi connectivity index (χ3v) is 2.71. The molecule has 1 aromatic rings. The Balaban J connectivity index is 2.47. The van der Waals surface area contributed by atoms with Crippen LogP contribution in [0.4, 0.5) is 5.69 Å². The van der Waals surface area contributed by atoms with E-state index in [-0.39, 0.29) is 18.1 Å². The molecule has 0 radical (unpaired) electrons. The molecule has 106 valence electrons. The van der Waals surface area contributed by atoms with E-state index in [1.54, 1.807) is 0 Å². The lowest BCUT2D eigenvalue weighted by Crippen LogP contribution is -2.24. The highest BCUT2D eigenvalue weighted by molar-refractivity contribution is 5.88. The predicted molar refractivity (Wildman–Crippen MR) is 78.3 cm³/mol. The van der Waals surface area contributed by atoms with Crippen LogP contribution in [0.2, 0.25) is 0 Å². The Labute approximate surface area is 115 Å². The molecule has 0 spiro atoms. The smallest absolute Gasteiger partial charge is 0.221 e. The molecule has 4 nitrogen and oxygen atoms in total. The van der Waals surface area contributed by atoms with Gasteiger partial charge in [0.25, 0.3) is 0 Å². The molecule has 0 bridgehead atoms. The Bertz CT molecular complexity index is 405. The Hall–Kier alpha value is -1.39. The fraction of sp³-hybridized carbons (Fsp3) is 0.533. The quantitative estimate of drug-likeness (QED) is 0.744. The zero-order valence-corrected chi connectivity index (χ0v) is 12.2. The van der Waals surface area contributed by atoms with Crippen molar-refractivity contribution >= 4 is 11.6 Å². The second-order valence-electron chi connectivity index (χ2n) is 4.90. The van der Waals surface area contributed by atoms with E-state index in [0.29, 0.717) is 6.61 Å². The second kappa shape index (κ2) is 7.92. The topological polar surface area (TPSA) is 50.4 Å². The first kappa shape index (κ1) is 15.7. The number of anilines is 1.